The third-order valence-corrected chi connectivity index (χ3v) is 1.97. The Balaban J connectivity index is 2.74. The number of carbonyl (C=O) groups excluding carboxylic acids is 1. The lowest BCUT2D eigenvalue weighted by molar-refractivity contribution is 0.0920. The number of nitrogens with one attached hydrogen (secondary N) is 1. The number of hydrogen-bond acceptors (Lipinski definition) is 2. The van der Waals surface area contributed by atoms with Crippen molar-refractivity contribution in [2.24, 2.45) is 0 Å². The third kappa shape index (κ3) is 3.49. The highest BCUT2D eigenvalue weighted by atomic mass is 35.5. The van der Waals surface area contributed by atoms with Gasteiger partial charge in [0, 0.05) is 11.6 Å². The lowest BCUT2D eigenvalue weighted by Crippen LogP contribution is -2.31. The highest BCUT2D eigenvalue weighted by Gasteiger charge is 2.11. The first-order valence-electron chi connectivity index (χ1n) is 4.42. The van der Waals surface area contributed by atoms with Gasteiger partial charge in [-0.2, -0.15) is 0 Å². The average molecular weight is 232 g/mol. The van der Waals surface area contributed by atoms with E-state index < -0.39 is 17.8 Å². The Kier molecular flexibility index (Phi) is 4.05. The van der Waals surface area contributed by atoms with Crippen molar-refractivity contribution in [2.75, 3.05) is 6.54 Å². The minimum atomic E-state index is -0.675. The second kappa shape index (κ2) is 5.09. The van der Waals surface area contributed by atoms with Crippen molar-refractivity contribution >= 4 is 17.5 Å². The molecular formula is C10H11ClFNO2. The Hall–Kier alpha value is -1.13. The van der Waals surface area contributed by atoms with Gasteiger partial charge in [0.25, 0.3) is 5.91 Å². The van der Waals surface area contributed by atoms with Crippen molar-refractivity contribution in [1.82, 2.24) is 5.32 Å². The van der Waals surface area contributed by atoms with Gasteiger partial charge in [0.05, 0.1) is 11.7 Å². The van der Waals surface area contributed by atoms with Gasteiger partial charge in [-0.15, -0.1) is 0 Å². The van der Waals surface area contributed by atoms with E-state index in [0.717, 1.165) is 6.07 Å². The molecule has 82 valence electrons. The Morgan fingerprint density at radius 2 is 2.33 bits per heavy atom. The molecule has 0 aliphatic carbocycles. The molecule has 0 aliphatic heterocycles. The highest BCUT2D eigenvalue weighted by Crippen LogP contribution is 2.14. The normalized spacial score (nSPS) is 12.3. The Morgan fingerprint density at radius 3 is 2.87 bits per heavy atom. The molecule has 0 unspecified atom stereocenters. The van der Waals surface area contributed by atoms with Gasteiger partial charge >= 0.3 is 0 Å². The molecule has 0 spiro atoms. The fourth-order valence-corrected chi connectivity index (χ4v) is 1.17. The van der Waals surface area contributed by atoms with Crippen LogP contribution in [0.2, 0.25) is 5.02 Å². The van der Waals surface area contributed by atoms with E-state index >= 15 is 0 Å². The summed E-state index contributed by atoms with van der Waals surface area (Å²) in [6, 6.07) is 3.80. The van der Waals surface area contributed by atoms with Crippen molar-refractivity contribution in [3.05, 3.63) is 34.6 Å². The van der Waals surface area contributed by atoms with E-state index in [4.69, 9.17) is 16.7 Å². The minimum absolute atomic E-state index is 0.0833. The van der Waals surface area contributed by atoms with Crippen LogP contribution in [0.1, 0.15) is 17.3 Å². The largest absolute Gasteiger partial charge is 0.392 e. The van der Waals surface area contributed by atoms with Crippen LogP contribution in [0.3, 0.4) is 0 Å². The molecule has 1 rings (SSSR count). The van der Waals surface area contributed by atoms with Crippen LogP contribution in [0.15, 0.2) is 18.2 Å². The minimum Gasteiger partial charge on any atom is -0.392 e. The van der Waals surface area contributed by atoms with E-state index in [1.54, 1.807) is 0 Å². The maximum absolute atomic E-state index is 13.2. The van der Waals surface area contributed by atoms with E-state index in [1.165, 1.54) is 19.1 Å². The molecule has 15 heavy (non-hydrogen) atoms. The zero-order valence-corrected chi connectivity index (χ0v) is 8.88. The van der Waals surface area contributed by atoms with E-state index in [2.05, 4.69) is 5.32 Å². The zero-order chi connectivity index (χ0) is 11.4. The van der Waals surface area contributed by atoms with Crippen molar-refractivity contribution in [3.8, 4) is 0 Å². The summed E-state index contributed by atoms with van der Waals surface area (Å²) in [4.78, 5) is 11.4. The molecule has 0 bridgehead atoms. The number of aliphatic hydroxyl groups is 1. The summed E-state index contributed by atoms with van der Waals surface area (Å²) < 4.78 is 13.2. The van der Waals surface area contributed by atoms with Crippen molar-refractivity contribution in [2.45, 2.75) is 13.0 Å². The van der Waals surface area contributed by atoms with Crippen LogP contribution in [-0.4, -0.2) is 23.7 Å². The molecule has 1 amide bonds. The summed E-state index contributed by atoms with van der Waals surface area (Å²) in [5.41, 5.74) is -0.0833. The summed E-state index contributed by atoms with van der Waals surface area (Å²) in [6.45, 7) is 1.61. The molecule has 5 heteroatoms. The first-order chi connectivity index (χ1) is 7.00. The number of carbonyl (C=O) groups is 1. The molecule has 0 fully saturated rings. The summed E-state index contributed by atoms with van der Waals surface area (Å²) in [7, 11) is 0. The monoisotopic (exact) mass is 231 g/mol. The van der Waals surface area contributed by atoms with Crippen LogP contribution in [-0.2, 0) is 0 Å². The molecule has 0 heterocycles. The predicted octanol–water partition coefficient (Wildman–Crippen LogP) is 1.59. The highest BCUT2D eigenvalue weighted by molar-refractivity contribution is 6.30. The average Bonchev–Trinajstić information content (AvgIpc) is 2.14. The second-order valence-corrected chi connectivity index (χ2v) is 3.62. The molecule has 1 aromatic rings. The molecule has 3 nitrogen and oxygen atoms in total. The lowest BCUT2D eigenvalue weighted by Gasteiger charge is -2.07. The van der Waals surface area contributed by atoms with E-state index in [-0.39, 0.29) is 17.1 Å². The topological polar surface area (TPSA) is 49.3 Å². The van der Waals surface area contributed by atoms with Crippen LogP contribution in [0.25, 0.3) is 0 Å². The van der Waals surface area contributed by atoms with Crippen LogP contribution in [0.5, 0.6) is 0 Å². The first-order valence-corrected chi connectivity index (χ1v) is 4.80. The molecule has 1 atom stereocenters. The van der Waals surface area contributed by atoms with Crippen LogP contribution in [0, 0.1) is 5.82 Å². The maximum Gasteiger partial charge on any atom is 0.254 e. The molecule has 0 radical (unpaired) electrons. The van der Waals surface area contributed by atoms with Crippen LogP contribution >= 0.6 is 11.6 Å². The van der Waals surface area contributed by atoms with Gasteiger partial charge in [-0.25, -0.2) is 4.39 Å². The molecule has 0 aliphatic rings. The van der Waals surface area contributed by atoms with Crippen molar-refractivity contribution in [1.29, 1.82) is 0 Å². The standard InChI is InChI=1S/C10H11ClFNO2/c1-6(14)5-13-10(15)8-3-2-7(11)4-9(8)12/h2-4,6,14H,5H2,1H3,(H,13,15)/t6-/m0/s1. The fraction of sp³-hybridized carbons (Fsp3) is 0.300. The van der Waals surface area contributed by atoms with Crippen LogP contribution < -0.4 is 5.32 Å². The van der Waals surface area contributed by atoms with Gasteiger partial charge in [-0.05, 0) is 25.1 Å². The molecule has 0 saturated heterocycles. The Bertz CT molecular complexity index is 368. The Labute approximate surface area is 91.9 Å². The smallest absolute Gasteiger partial charge is 0.254 e. The van der Waals surface area contributed by atoms with Gasteiger partial charge in [0.15, 0.2) is 0 Å². The van der Waals surface area contributed by atoms with Gasteiger partial charge in [-0.1, -0.05) is 11.6 Å². The number of aliphatic hydroxyl groups excluding tert-OH is 1. The molecule has 0 saturated carbocycles. The molecular weight excluding hydrogens is 221 g/mol. The van der Waals surface area contributed by atoms with E-state index in [0.29, 0.717) is 0 Å². The van der Waals surface area contributed by atoms with Gasteiger partial charge in [-0.3, -0.25) is 4.79 Å². The summed E-state index contributed by atoms with van der Waals surface area (Å²) in [5, 5.41) is 11.6. The number of benzene rings is 1. The first kappa shape index (κ1) is 11.9. The molecule has 2 N–H and O–H groups in total. The predicted molar refractivity (Wildman–Crippen MR) is 55.4 cm³/mol. The molecule has 1 aromatic carbocycles. The summed E-state index contributed by atoms with van der Waals surface area (Å²) >= 11 is 5.54. The van der Waals surface area contributed by atoms with Gasteiger partial charge in [0.1, 0.15) is 5.82 Å². The maximum atomic E-state index is 13.2. The van der Waals surface area contributed by atoms with Gasteiger partial charge < -0.3 is 10.4 Å². The van der Waals surface area contributed by atoms with E-state index in [9.17, 15) is 9.18 Å². The van der Waals surface area contributed by atoms with Crippen LogP contribution in [0.4, 0.5) is 4.39 Å². The third-order valence-electron chi connectivity index (χ3n) is 1.73. The summed E-state index contributed by atoms with van der Waals surface area (Å²) in [5.74, 6) is -1.24. The zero-order valence-electron chi connectivity index (χ0n) is 8.13. The summed E-state index contributed by atoms with van der Waals surface area (Å²) in [6.07, 6.45) is -0.663. The second-order valence-electron chi connectivity index (χ2n) is 3.18. The lowest BCUT2D eigenvalue weighted by atomic mass is 10.2. The van der Waals surface area contributed by atoms with E-state index in [1.807, 2.05) is 0 Å². The van der Waals surface area contributed by atoms with Crippen molar-refractivity contribution < 1.29 is 14.3 Å². The van der Waals surface area contributed by atoms with Crippen molar-refractivity contribution in [3.63, 3.8) is 0 Å². The quantitative estimate of drug-likeness (QED) is 0.830. The number of halogens is 2. The SMILES string of the molecule is C[C@H](O)CNC(=O)c1ccc(Cl)cc1F. The van der Waals surface area contributed by atoms with Gasteiger partial charge in [0.2, 0.25) is 0 Å². The Morgan fingerprint density at radius 1 is 1.67 bits per heavy atom. The number of hydrogen-bond donors (Lipinski definition) is 2. The number of rotatable bonds is 3. The molecule has 0 aromatic heterocycles. The number of amides is 1. The fourth-order valence-electron chi connectivity index (χ4n) is 1.01.